The van der Waals surface area contributed by atoms with Crippen molar-refractivity contribution in [2.45, 2.75) is 18.6 Å². The number of hydrogen-bond donors (Lipinski definition) is 0. The molecule has 0 radical (unpaired) electrons. The number of amides is 3. The number of nitrogens with zero attached hydrogens (tertiary/aromatic N) is 3. The molecule has 3 amide bonds. The number of benzene rings is 2. The number of sulfone groups is 1. The minimum absolute atomic E-state index is 0.0305. The first-order valence-corrected chi connectivity index (χ1v) is 12.2. The quantitative estimate of drug-likeness (QED) is 0.731. The molecule has 0 aliphatic carbocycles. The van der Waals surface area contributed by atoms with Gasteiger partial charge >= 0.3 is 6.03 Å². The number of rotatable bonds is 4. The van der Waals surface area contributed by atoms with Crippen LogP contribution in [0.3, 0.4) is 0 Å². The third-order valence-corrected chi connectivity index (χ3v) is 8.16. The predicted octanol–water partition coefficient (Wildman–Crippen LogP) is 2.63. The van der Waals surface area contributed by atoms with Gasteiger partial charge in [-0.1, -0.05) is 48.0 Å². The van der Waals surface area contributed by atoms with E-state index in [-0.39, 0.29) is 30.8 Å². The molecule has 0 saturated carbocycles. The Labute approximate surface area is 183 Å². The highest BCUT2D eigenvalue weighted by Gasteiger charge is 2.35. The van der Waals surface area contributed by atoms with Crippen LogP contribution in [-0.2, 0) is 14.6 Å². The summed E-state index contributed by atoms with van der Waals surface area (Å²) in [5.74, 6) is -0.273. The van der Waals surface area contributed by atoms with Gasteiger partial charge in [-0.05, 0) is 31.0 Å². The van der Waals surface area contributed by atoms with E-state index in [4.69, 9.17) is 0 Å². The van der Waals surface area contributed by atoms with E-state index in [0.717, 1.165) is 16.8 Å². The van der Waals surface area contributed by atoms with Gasteiger partial charge in [0.2, 0.25) is 5.91 Å². The smallest absolute Gasteiger partial charge is 0.325 e. The third kappa shape index (κ3) is 4.58. The molecule has 1 atom stereocenters. The standard InChI is InChI=1S/C23H27N3O4S/c1-18-7-9-20(10-8-18)26-14-13-25(23(26)28)17-22(27)24-12-11-21(31(29,30)16-15-24)19-5-3-2-4-6-19/h2-10,21H,11-17H2,1H3/t21-/m0/s1. The number of carbonyl (C=O) groups excluding carboxylic acids is 2. The van der Waals surface area contributed by atoms with Crippen LogP contribution in [0.1, 0.15) is 22.8 Å². The Hall–Kier alpha value is -2.87. The average Bonchev–Trinajstić information content (AvgIpc) is 3.02. The summed E-state index contributed by atoms with van der Waals surface area (Å²) < 4.78 is 25.6. The van der Waals surface area contributed by atoms with E-state index in [2.05, 4.69) is 0 Å². The van der Waals surface area contributed by atoms with E-state index >= 15 is 0 Å². The first-order valence-electron chi connectivity index (χ1n) is 10.5. The van der Waals surface area contributed by atoms with Crippen LogP contribution < -0.4 is 4.90 Å². The molecule has 4 rings (SSSR count). The molecule has 0 aromatic heterocycles. The van der Waals surface area contributed by atoms with Crippen LogP contribution in [0.15, 0.2) is 54.6 Å². The van der Waals surface area contributed by atoms with Crippen molar-refractivity contribution in [1.29, 1.82) is 0 Å². The van der Waals surface area contributed by atoms with Crippen molar-refractivity contribution in [3.63, 3.8) is 0 Å². The molecule has 8 heteroatoms. The van der Waals surface area contributed by atoms with E-state index in [1.807, 2.05) is 61.5 Å². The van der Waals surface area contributed by atoms with Crippen LogP contribution in [-0.4, -0.2) is 68.6 Å². The Balaban J connectivity index is 1.40. The molecular formula is C23H27N3O4S. The number of aryl methyl sites for hydroxylation is 1. The zero-order valence-corrected chi connectivity index (χ0v) is 18.4. The monoisotopic (exact) mass is 441 g/mol. The Morgan fingerprint density at radius 3 is 2.39 bits per heavy atom. The fraction of sp³-hybridized carbons (Fsp3) is 0.391. The van der Waals surface area contributed by atoms with Crippen LogP contribution in [0.25, 0.3) is 0 Å². The summed E-state index contributed by atoms with van der Waals surface area (Å²) >= 11 is 0. The van der Waals surface area contributed by atoms with Crippen molar-refractivity contribution in [2.24, 2.45) is 0 Å². The van der Waals surface area contributed by atoms with Gasteiger partial charge in [0, 0.05) is 31.9 Å². The highest BCUT2D eigenvalue weighted by atomic mass is 32.2. The van der Waals surface area contributed by atoms with Crippen molar-refractivity contribution in [3.05, 3.63) is 65.7 Å². The molecule has 164 valence electrons. The van der Waals surface area contributed by atoms with Gasteiger partial charge in [-0.15, -0.1) is 0 Å². The van der Waals surface area contributed by atoms with Gasteiger partial charge in [-0.3, -0.25) is 9.69 Å². The lowest BCUT2D eigenvalue weighted by atomic mass is 10.1. The van der Waals surface area contributed by atoms with E-state index in [9.17, 15) is 18.0 Å². The fourth-order valence-electron chi connectivity index (χ4n) is 4.19. The Bertz CT molecular complexity index is 1050. The molecular weight excluding hydrogens is 414 g/mol. The second kappa shape index (κ2) is 8.70. The second-order valence-corrected chi connectivity index (χ2v) is 10.4. The van der Waals surface area contributed by atoms with Gasteiger partial charge in [0.15, 0.2) is 9.84 Å². The van der Waals surface area contributed by atoms with Crippen molar-refractivity contribution in [2.75, 3.05) is 43.4 Å². The minimum atomic E-state index is -3.35. The van der Waals surface area contributed by atoms with Crippen molar-refractivity contribution < 1.29 is 18.0 Å². The molecule has 31 heavy (non-hydrogen) atoms. The van der Waals surface area contributed by atoms with Crippen LogP contribution in [0.2, 0.25) is 0 Å². The minimum Gasteiger partial charge on any atom is -0.340 e. The van der Waals surface area contributed by atoms with E-state index in [1.165, 1.54) is 4.90 Å². The van der Waals surface area contributed by atoms with Crippen molar-refractivity contribution >= 4 is 27.5 Å². The lowest BCUT2D eigenvalue weighted by Crippen LogP contribution is -2.43. The van der Waals surface area contributed by atoms with Crippen LogP contribution in [0.4, 0.5) is 10.5 Å². The highest BCUT2D eigenvalue weighted by molar-refractivity contribution is 7.91. The number of anilines is 1. The van der Waals surface area contributed by atoms with Crippen LogP contribution in [0.5, 0.6) is 0 Å². The van der Waals surface area contributed by atoms with Gasteiger partial charge in [-0.25, -0.2) is 13.2 Å². The van der Waals surface area contributed by atoms with Crippen LogP contribution >= 0.6 is 0 Å². The van der Waals surface area contributed by atoms with Gasteiger partial charge in [0.05, 0.1) is 11.0 Å². The van der Waals surface area contributed by atoms with E-state index < -0.39 is 15.1 Å². The van der Waals surface area contributed by atoms with E-state index in [1.54, 1.807) is 9.80 Å². The molecule has 2 aromatic rings. The topological polar surface area (TPSA) is 78.0 Å². The second-order valence-electron chi connectivity index (χ2n) is 8.13. The molecule has 2 aliphatic rings. The first-order chi connectivity index (χ1) is 14.8. The van der Waals surface area contributed by atoms with Crippen molar-refractivity contribution in [1.82, 2.24) is 9.80 Å². The maximum absolute atomic E-state index is 12.9. The summed E-state index contributed by atoms with van der Waals surface area (Å²) in [6.45, 7) is 3.48. The Morgan fingerprint density at radius 2 is 1.68 bits per heavy atom. The van der Waals surface area contributed by atoms with Gasteiger partial charge in [-0.2, -0.15) is 0 Å². The maximum atomic E-state index is 12.9. The zero-order chi connectivity index (χ0) is 22.0. The van der Waals surface area contributed by atoms with Gasteiger partial charge < -0.3 is 9.80 Å². The largest absolute Gasteiger partial charge is 0.340 e. The maximum Gasteiger partial charge on any atom is 0.325 e. The summed E-state index contributed by atoms with van der Waals surface area (Å²) in [5, 5.41) is -0.600. The number of urea groups is 1. The summed E-state index contributed by atoms with van der Waals surface area (Å²) in [6.07, 6.45) is 0.363. The lowest BCUT2D eigenvalue weighted by molar-refractivity contribution is -0.131. The molecule has 2 saturated heterocycles. The molecule has 2 fully saturated rings. The van der Waals surface area contributed by atoms with E-state index in [0.29, 0.717) is 26.1 Å². The Kier molecular flexibility index (Phi) is 6.00. The lowest BCUT2D eigenvalue weighted by Gasteiger charge is -2.24. The summed E-state index contributed by atoms with van der Waals surface area (Å²) in [7, 11) is -3.35. The van der Waals surface area contributed by atoms with Gasteiger partial charge in [0.1, 0.15) is 6.54 Å². The average molecular weight is 442 g/mol. The van der Waals surface area contributed by atoms with Gasteiger partial charge in [0.25, 0.3) is 0 Å². The molecule has 2 aliphatic heterocycles. The fourth-order valence-corrected chi connectivity index (χ4v) is 5.99. The molecule has 0 bridgehead atoms. The highest BCUT2D eigenvalue weighted by Crippen LogP contribution is 2.29. The number of carbonyl (C=O) groups is 2. The molecule has 0 N–H and O–H groups in total. The molecule has 2 aromatic carbocycles. The molecule has 2 heterocycles. The Morgan fingerprint density at radius 1 is 0.968 bits per heavy atom. The molecule has 0 unspecified atom stereocenters. The molecule has 7 nitrogen and oxygen atoms in total. The summed E-state index contributed by atoms with van der Waals surface area (Å²) in [4.78, 5) is 30.5. The molecule has 0 spiro atoms. The normalized spacial score (nSPS) is 21.3. The third-order valence-electron chi connectivity index (χ3n) is 6.03. The predicted molar refractivity (Wildman–Crippen MR) is 120 cm³/mol. The first kappa shape index (κ1) is 21.4. The van der Waals surface area contributed by atoms with Crippen LogP contribution in [0, 0.1) is 6.92 Å². The summed E-state index contributed by atoms with van der Waals surface area (Å²) in [6, 6.07) is 16.7. The number of hydrogen-bond acceptors (Lipinski definition) is 4. The zero-order valence-electron chi connectivity index (χ0n) is 17.6. The van der Waals surface area contributed by atoms with Crippen molar-refractivity contribution in [3.8, 4) is 0 Å². The summed E-state index contributed by atoms with van der Waals surface area (Å²) in [5.41, 5.74) is 2.70. The SMILES string of the molecule is Cc1ccc(N2CCN(CC(=O)N3CC[C@@H](c4ccccc4)S(=O)(=O)CC3)C2=O)cc1.